The number of oxazole rings is 1. The van der Waals surface area contributed by atoms with Gasteiger partial charge in [-0.2, -0.15) is 11.3 Å². The fourth-order valence-corrected chi connectivity index (χ4v) is 4.55. The minimum atomic E-state index is 0.134. The maximum Gasteiger partial charge on any atom is 0.228 e. The zero-order chi connectivity index (χ0) is 16.7. The molecular weight excluding hydrogens is 322 g/mol. The Labute approximate surface area is 146 Å². The second-order valence-corrected chi connectivity index (χ2v) is 7.76. The van der Waals surface area contributed by atoms with E-state index in [0.29, 0.717) is 30.4 Å². The number of aromatic nitrogens is 1. The summed E-state index contributed by atoms with van der Waals surface area (Å²) in [6, 6.07) is 3.50. The molecule has 0 saturated carbocycles. The molecule has 0 radical (unpaired) electrons. The van der Waals surface area contributed by atoms with Gasteiger partial charge >= 0.3 is 0 Å². The monoisotopic (exact) mass is 345 g/mol. The minimum absolute atomic E-state index is 0.134. The van der Waals surface area contributed by atoms with E-state index in [0.717, 1.165) is 29.9 Å². The van der Waals surface area contributed by atoms with Gasteiger partial charge in [0.1, 0.15) is 5.76 Å². The molecule has 0 spiro atoms. The fourth-order valence-electron chi connectivity index (χ4n) is 3.92. The number of rotatable bonds is 4. The van der Waals surface area contributed by atoms with E-state index in [2.05, 4.69) is 10.3 Å². The van der Waals surface area contributed by atoms with Gasteiger partial charge in [-0.05, 0) is 44.1 Å². The zero-order valence-corrected chi connectivity index (χ0v) is 14.9. The van der Waals surface area contributed by atoms with Crippen LogP contribution in [0.5, 0.6) is 0 Å². The van der Waals surface area contributed by atoms with Crippen molar-refractivity contribution < 1.29 is 9.21 Å². The summed E-state index contributed by atoms with van der Waals surface area (Å²) in [5.74, 6) is 1.48. The zero-order valence-electron chi connectivity index (χ0n) is 14.1. The van der Waals surface area contributed by atoms with E-state index >= 15 is 0 Å². The first-order valence-corrected chi connectivity index (χ1v) is 9.55. The highest BCUT2D eigenvalue weighted by molar-refractivity contribution is 7.08. The first kappa shape index (κ1) is 15.8. The second-order valence-electron chi connectivity index (χ2n) is 6.98. The van der Waals surface area contributed by atoms with Crippen LogP contribution in [0.15, 0.2) is 21.2 Å². The number of amides is 1. The van der Waals surface area contributed by atoms with Gasteiger partial charge in [0.25, 0.3) is 0 Å². The molecule has 24 heavy (non-hydrogen) atoms. The minimum Gasteiger partial charge on any atom is -0.441 e. The summed E-state index contributed by atoms with van der Waals surface area (Å²) in [5, 5.41) is 7.63. The van der Waals surface area contributed by atoms with Gasteiger partial charge in [-0.1, -0.05) is 0 Å². The highest BCUT2D eigenvalue weighted by Gasteiger charge is 2.36. The molecule has 2 aliphatic heterocycles. The number of thiophene rings is 1. The SMILES string of the molecule is Cc1oc(-c2ccsc2)nc1CC(=O)N(C)C1CC2CCC(C1)N2. The van der Waals surface area contributed by atoms with Gasteiger partial charge in [0.2, 0.25) is 11.8 Å². The number of hydrogen-bond acceptors (Lipinski definition) is 5. The van der Waals surface area contributed by atoms with Crippen molar-refractivity contribution in [1.29, 1.82) is 0 Å². The topological polar surface area (TPSA) is 58.4 Å². The van der Waals surface area contributed by atoms with Crippen LogP contribution in [-0.4, -0.2) is 41.0 Å². The Bertz CT molecular complexity index is 713. The largest absolute Gasteiger partial charge is 0.441 e. The van der Waals surface area contributed by atoms with Gasteiger partial charge in [-0.15, -0.1) is 0 Å². The van der Waals surface area contributed by atoms with Crippen LogP contribution in [-0.2, 0) is 11.2 Å². The number of piperidine rings is 1. The van der Waals surface area contributed by atoms with Crippen molar-refractivity contribution in [2.75, 3.05) is 7.05 Å². The van der Waals surface area contributed by atoms with Gasteiger partial charge in [0, 0.05) is 36.1 Å². The molecule has 1 amide bonds. The molecular formula is C18H23N3O2S. The second kappa shape index (κ2) is 6.33. The van der Waals surface area contributed by atoms with E-state index in [4.69, 9.17) is 4.42 Å². The molecule has 2 saturated heterocycles. The van der Waals surface area contributed by atoms with Crippen molar-refractivity contribution in [3.63, 3.8) is 0 Å². The number of nitrogens with one attached hydrogen (secondary N) is 1. The molecule has 1 N–H and O–H groups in total. The van der Waals surface area contributed by atoms with E-state index in [9.17, 15) is 4.79 Å². The Morgan fingerprint density at radius 2 is 2.17 bits per heavy atom. The van der Waals surface area contributed by atoms with Crippen LogP contribution >= 0.6 is 11.3 Å². The third kappa shape index (κ3) is 3.00. The highest BCUT2D eigenvalue weighted by Crippen LogP contribution is 2.30. The number of hydrogen-bond donors (Lipinski definition) is 1. The first-order chi connectivity index (χ1) is 11.6. The standard InChI is InChI=1S/C18H23N3O2S/c1-11-16(20-18(23-11)12-5-6-24-10-12)9-17(22)21(2)15-7-13-3-4-14(8-15)19-13/h5-6,10,13-15,19H,3-4,7-9H2,1-2H3. The van der Waals surface area contributed by atoms with Crippen molar-refractivity contribution in [1.82, 2.24) is 15.2 Å². The summed E-state index contributed by atoms with van der Waals surface area (Å²) in [5.41, 5.74) is 1.73. The van der Waals surface area contributed by atoms with Gasteiger partial charge in [-0.3, -0.25) is 4.79 Å². The molecule has 128 valence electrons. The summed E-state index contributed by atoms with van der Waals surface area (Å²) in [7, 11) is 1.94. The molecule has 2 aromatic heterocycles. The lowest BCUT2D eigenvalue weighted by Gasteiger charge is -2.35. The lowest BCUT2D eigenvalue weighted by molar-refractivity contribution is -0.132. The molecule has 4 rings (SSSR count). The van der Waals surface area contributed by atoms with E-state index < -0.39 is 0 Å². The number of nitrogens with zero attached hydrogens (tertiary/aromatic N) is 2. The van der Waals surface area contributed by atoms with Crippen molar-refractivity contribution in [2.24, 2.45) is 0 Å². The number of likely N-dealkylation sites (N-methyl/N-ethyl adjacent to an activating group) is 1. The Hall–Kier alpha value is -1.66. The van der Waals surface area contributed by atoms with Crippen LogP contribution in [0.25, 0.3) is 11.5 Å². The molecule has 4 heterocycles. The Morgan fingerprint density at radius 3 is 2.83 bits per heavy atom. The maximum absolute atomic E-state index is 12.7. The molecule has 2 atom stereocenters. The summed E-state index contributed by atoms with van der Waals surface area (Å²) in [6.07, 6.45) is 4.94. The number of aryl methyl sites for hydroxylation is 1. The van der Waals surface area contributed by atoms with Crippen molar-refractivity contribution in [2.45, 2.75) is 57.2 Å². The van der Waals surface area contributed by atoms with Gasteiger partial charge < -0.3 is 14.6 Å². The Morgan fingerprint density at radius 1 is 1.42 bits per heavy atom. The molecule has 0 aliphatic carbocycles. The summed E-state index contributed by atoms with van der Waals surface area (Å²) < 4.78 is 5.74. The Balaban J connectivity index is 1.44. The molecule has 0 aromatic carbocycles. The van der Waals surface area contributed by atoms with Gasteiger partial charge in [-0.25, -0.2) is 4.98 Å². The van der Waals surface area contributed by atoms with Crippen molar-refractivity contribution in [3.8, 4) is 11.5 Å². The van der Waals surface area contributed by atoms with Crippen LogP contribution in [0.3, 0.4) is 0 Å². The van der Waals surface area contributed by atoms with E-state index in [1.54, 1.807) is 11.3 Å². The predicted molar refractivity (Wildman–Crippen MR) is 94.0 cm³/mol. The summed E-state index contributed by atoms with van der Waals surface area (Å²) >= 11 is 1.61. The highest BCUT2D eigenvalue weighted by atomic mass is 32.1. The van der Waals surface area contributed by atoms with E-state index in [1.165, 1.54) is 12.8 Å². The fraction of sp³-hybridized carbons (Fsp3) is 0.556. The summed E-state index contributed by atoms with van der Waals surface area (Å²) in [4.78, 5) is 19.2. The molecule has 6 heteroatoms. The normalized spacial score (nSPS) is 25.8. The molecule has 2 unspecified atom stereocenters. The third-order valence-electron chi connectivity index (χ3n) is 5.37. The lowest BCUT2D eigenvalue weighted by Crippen LogP contribution is -2.49. The van der Waals surface area contributed by atoms with Crippen LogP contribution in [0.2, 0.25) is 0 Å². The number of carbonyl (C=O) groups excluding carboxylic acids is 1. The van der Waals surface area contributed by atoms with Gasteiger partial charge in [0.15, 0.2) is 0 Å². The lowest BCUT2D eigenvalue weighted by atomic mass is 9.98. The molecule has 2 aromatic rings. The molecule has 2 fully saturated rings. The van der Waals surface area contributed by atoms with Crippen molar-refractivity contribution in [3.05, 3.63) is 28.3 Å². The molecule has 2 bridgehead atoms. The smallest absolute Gasteiger partial charge is 0.228 e. The van der Waals surface area contributed by atoms with Crippen LogP contribution in [0.4, 0.5) is 0 Å². The number of carbonyl (C=O) groups is 1. The first-order valence-electron chi connectivity index (χ1n) is 8.60. The molecule has 2 aliphatic rings. The van der Waals surface area contributed by atoms with E-state index in [1.807, 2.05) is 35.7 Å². The van der Waals surface area contributed by atoms with Crippen molar-refractivity contribution >= 4 is 17.2 Å². The average Bonchev–Trinajstić information content (AvgIpc) is 3.28. The van der Waals surface area contributed by atoms with Crippen LogP contribution in [0, 0.1) is 6.92 Å². The summed E-state index contributed by atoms with van der Waals surface area (Å²) in [6.45, 7) is 1.89. The number of fused-ring (bicyclic) bond motifs is 2. The molecule has 5 nitrogen and oxygen atoms in total. The maximum atomic E-state index is 12.7. The third-order valence-corrected chi connectivity index (χ3v) is 6.05. The van der Waals surface area contributed by atoms with Crippen LogP contribution < -0.4 is 5.32 Å². The Kier molecular flexibility index (Phi) is 4.18. The van der Waals surface area contributed by atoms with Crippen LogP contribution in [0.1, 0.15) is 37.1 Å². The van der Waals surface area contributed by atoms with Gasteiger partial charge in [0.05, 0.1) is 12.1 Å². The average molecular weight is 345 g/mol. The van der Waals surface area contributed by atoms with E-state index in [-0.39, 0.29) is 5.91 Å². The predicted octanol–water partition coefficient (Wildman–Crippen LogP) is 3.00. The quantitative estimate of drug-likeness (QED) is 0.925.